The summed E-state index contributed by atoms with van der Waals surface area (Å²) in [5, 5.41) is 11.8. The molecule has 0 atom stereocenters. The van der Waals surface area contributed by atoms with Gasteiger partial charge in [0.25, 0.3) is 5.22 Å². The number of aryl methyl sites for hydroxylation is 1. The van der Waals surface area contributed by atoms with Crippen LogP contribution >= 0.6 is 39.0 Å². The number of ether oxygens (including phenoxy) is 1. The number of methoxy groups -OCH3 is 1. The average molecular weight is 474 g/mol. The van der Waals surface area contributed by atoms with Gasteiger partial charge in [0, 0.05) is 21.2 Å². The third-order valence-corrected chi connectivity index (χ3v) is 6.23. The molecule has 0 saturated heterocycles. The number of thioether (sulfide) groups is 1. The van der Waals surface area contributed by atoms with Crippen LogP contribution in [0, 0.1) is 6.92 Å². The quantitative estimate of drug-likeness (QED) is 0.309. The SMILES string of the molecule is COc1ccc(Br)cc1-c1nc(CSc2nnc(-c3cccc(C)c3)o2)cs1. The van der Waals surface area contributed by atoms with Gasteiger partial charge in [0.1, 0.15) is 10.8 Å². The minimum Gasteiger partial charge on any atom is -0.496 e. The summed E-state index contributed by atoms with van der Waals surface area (Å²) in [6.07, 6.45) is 0. The van der Waals surface area contributed by atoms with Gasteiger partial charge in [-0.3, -0.25) is 0 Å². The van der Waals surface area contributed by atoms with Crippen molar-refractivity contribution in [2.24, 2.45) is 0 Å². The number of aromatic nitrogens is 3. The minimum atomic E-state index is 0.532. The van der Waals surface area contributed by atoms with E-state index in [1.807, 2.05) is 54.8 Å². The maximum Gasteiger partial charge on any atom is 0.277 e. The molecule has 2 heterocycles. The van der Waals surface area contributed by atoms with Gasteiger partial charge in [0.2, 0.25) is 5.89 Å². The zero-order valence-corrected chi connectivity index (χ0v) is 18.4. The lowest BCUT2D eigenvalue weighted by Crippen LogP contribution is -1.88. The Balaban J connectivity index is 1.46. The first-order valence-corrected chi connectivity index (χ1v) is 11.1. The van der Waals surface area contributed by atoms with E-state index in [1.54, 1.807) is 18.4 Å². The molecular weight excluding hydrogens is 458 g/mol. The van der Waals surface area contributed by atoms with Gasteiger partial charge in [-0.25, -0.2) is 4.98 Å². The summed E-state index contributed by atoms with van der Waals surface area (Å²) in [4.78, 5) is 4.73. The van der Waals surface area contributed by atoms with Crippen LogP contribution in [0.4, 0.5) is 0 Å². The van der Waals surface area contributed by atoms with E-state index in [9.17, 15) is 0 Å². The van der Waals surface area contributed by atoms with E-state index in [1.165, 1.54) is 11.8 Å². The lowest BCUT2D eigenvalue weighted by molar-refractivity contribution is 0.416. The molecule has 0 saturated carbocycles. The van der Waals surface area contributed by atoms with Crippen LogP contribution in [0.1, 0.15) is 11.3 Å². The van der Waals surface area contributed by atoms with Crippen molar-refractivity contribution in [3.63, 3.8) is 0 Å². The Bertz CT molecular complexity index is 1110. The molecule has 0 N–H and O–H groups in total. The van der Waals surface area contributed by atoms with Crippen molar-refractivity contribution in [3.05, 3.63) is 63.6 Å². The number of halogens is 1. The molecule has 0 amide bonds. The molecule has 0 bridgehead atoms. The molecule has 8 heteroatoms. The van der Waals surface area contributed by atoms with E-state index in [4.69, 9.17) is 14.1 Å². The normalized spacial score (nSPS) is 11.0. The van der Waals surface area contributed by atoms with Crippen LogP contribution in [0.5, 0.6) is 5.75 Å². The van der Waals surface area contributed by atoms with Gasteiger partial charge in [-0.15, -0.1) is 21.5 Å². The molecule has 2 aromatic heterocycles. The summed E-state index contributed by atoms with van der Waals surface area (Å²) >= 11 is 6.57. The average Bonchev–Trinajstić information content (AvgIpc) is 3.36. The smallest absolute Gasteiger partial charge is 0.277 e. The third kappa shape index (κ3) is 4.29. The van der Waals surface area contributed by atoms with Crippen molar-refractivity contribution in [2.45, 2.75) is 17.9 Å². The highest BCUT2D eigenvalue weighted by Crippen LogP contribution is 2.35. The van der Waals surface area contributed by atoms with Crippen molar-refractivity contribution >= 4 is 39.0 Å². The molecule has 2 aromatic carbocycles. The van der Waals surface area contributed by atoms with Crippen LogP contribution < -0.4 is 4.74 Å². The highest BCUT2D eigenvalue weighted by molar-refractivity contribution is 9.10. The fraction of sp³-hybridized carbons (Fsp3) is 0.150. The van der Waals surface area contributed by atoms with Gasteiger partial charge >= 0.3 is 0 Å². The van der Waals surface area contributed by atoms with Crippen molar-refractivity contribution in [2.75, 3.05) is 7.11 Å². The second-order valence-corrected chi connectivity index (χ2v) is 8.72. The summed E-state index contributed by atoms with van der Waals surface area (Å²) in [7, 11) is 1.67. The van der Waals surface area contributed by atoms with E-state index in [0.717, 1.165) is 37.6 Å². The Labute approximate surface area is 179 Å². The maximum absolute atomic E-state index is 5.78. The molecule has 0 unspecified atom stereocenters. The highest BCUT2D eigenvalue weighted by atomic mass is 79.9. The Morgan fingerprint density at radius 1 is 1.18 bits per heavy atom. The molecule has 5 nitrogen and oxygen atoms in total. The number of hydrogen-bond donors (Lipinski definition) is 0. The first kappa shape index (κ1) is 19.2. The first-order chi connectivity index (χ1) is 13.6. The van der Waals surface area contributed by atoms with Gasteiger partial charge in [0.15, 0.2) is 0 Å². The van der Waals surface area contributed by atoms with Gasteiger partial charge in [-0.1, -0.05) is 45.4 Å². The molecule has 0 fully saturated rings. The molecule has 0 aliphatic carbocycles. The van der Waals surface area contributed by atoms with Crippen LogP contribution in [0.3, 0.4) is 0 Å². The van der Waals surface area contributed by atoms with E-state index in [-0.39, 0.29) is 0 Å². The second kappa shape index (κ2) is 8.46. The molecule has 28 heavy (non-hydrogen) atoms. The van der Waals surface area contributed by atoms with Crippen LogP contribution in [0.2, 0.25) is 0 Å². The molecule has 0 radical (unpaired) electrons. The lowest BCUT2D eigenvalue weighted by atomic mass is 10.1. The fourth-order valence-corrected chi connectivity index (χ4v) is 4.61. The maximum atomic E-state index is 5.78. The van der Waals surface area contributed by atoms with Gasteiger partial charge < -0.3 is 9.15 Å². The van der Waals surface area contributed by atoms with Gasteiger partial charge in [-0.05, 0) is 37.3 Å². The van der Waals surface area contributed by atoms with Crippen LogP contribution in [0.25, 0.3) is 22.0 Å². The van der Waals surface area contributed by atoms with E-state index in [2.05, 4.69) is 26.1 Å². The van der Waals surface area contributed by atoms with E-state index >= 15 is 0 Å². The third-order valence-electron chi connectivity index (χ3n) is 3.96. The van der Waals surface area contributed by atoms with E-state index < -0.39 is 0 Å². The lowest BCUT2D eigenvalue weighted by Gasteiger charge is -2.06. The van der Waals surface area contributed by atoms with Crippen molar-refractivity contribution in [1.29, 1.82) is 0 Å². The Morgan fingerprint density at radius 2 is 2.07 bits per heavy atom. The van der Waals surface area contributed by atoms with Gasteiger partial charge in [0.05, 0.1) is 18.4 Å². The second-order valence-electron chi connectivity index (χ2n) is 6.02. The molecule has 0 aliphatic heterocycles. The molecular formula is C20H16BrN3O2S2. The number of nitrogens with zero attached hydrogens (tertiary/aromatic N) is 3. The zero-order chi connectivity index (χ0) is 19.5. The molecule has 0 aliphatic rings. The summed E-state index contributed by atoms with van der Waals surface area (Å²) in [6.45, 7) is 2.04. The van der Waals surface area contributed by atoms with Crippen molar-refractivity contribution < 1.29 is 9.15 Å². The Kier molecular flexibility index (Phi) is 5.79. The zero-order valence-electron chi connectivity index (χ0n) is 15.2. The number of hydrogen-bond acceptors (Lipinski definition) is 7. The van der Waals surface area contributed by atoms with E-state index in [0.29, 0.717) is 16.9 Å². The van der Waals surface area contributed by atoms with Gasteiger partial charge in [-0.2, -0.15) is 0 Å². The molecule has 4 aromatic rings. The summed E-state index contributed by atoms with van der Waals surface area (Å²) < 4.78 is 12.2. The highest BCUT2D eigenvalue weighted by Gasteiger charge is 2.13. The Hall–Kier alpha value is -2.16. The predicted octanol–water partition coefficient (Wildman–Crippen LogP) is 6.23. The molecule has 4 rings (SSSR count). The number of thiazole rings is 1. The van der Waals surface area contributed by atoms with Crippen LogP contribution in [-0.4, -0.2) is 22.3 Å². The molecule has 0 spiro atoms. The van der Waals surface area contributed by atoms with Crippen LogP contribution in [0.15, 0.2) is 62.0 Å². The Morgan fingerprint density at radius 3 is 2.89 bits per heavy atom. The number of rotatable bonds is 6. The largest absolute Gasteiger partial charge is 0.496 e. The number of benzene rings is 2. The van der Waals surface area contributed by atoms with Crippen LogP contribution in [-0.2, 0) is 5.75 Å². The fourth-order valence-electron chi connectivity index (χ4n) is 2.64. The monoisotopic (exact) mass is 473 g/mol. The summed E-state index contributed by atoms with van der Waals surface area (Å²) in [5.74, 6) is 1.99. The topological polar surface area (TPSA) is 61.0 Å². The summed E-state index contributed by atoms with van der Waals surface area (Å²) in [5.41, 5.74) is 4.01. The molecule has 142 valence electrons. The van der Waals surface area contributed by atoms with Crippen molar-refractivity contribution in [3.8, 4) is 27.8 Å². The minimum absolute atomic E-state index is 0.532. The standard InChI is InChI=1S/C20H16BrN3O2S2/c1-12-4-3-5-13(8-12)18-23-24-20(26-18)28-11-15-10-27-19(22-15)16-9-14(21)6-7-17(16)25-2/h3-10H,11H2,1-2H3. The predicted molar refractivity (Wildman–Crippen MR) is 116 cm³/mol. The summed E-state index contributed by atoms with van der Waals surface area (Å²) in [6, 6.07) is 13.9. The first-order valence-electron chi connectivity index (χ1n) is 8.44. The van der Waals surface area contributed by atoms with Crippen molar-refractivity contribution in [1.82, 2.24) is 15.2 Å².